The Bertz CT molecular complexity index is 416. The van der Waals surface area contributed by atoms with Crippen molar-refractivity contribution < 1.29 is 23.8 Å². The molecule has 2 rings (SSSR count). The number of piperidine rings is 1. The summed E-state index contributed by atoms with van der Waals surface area (Å²) < 4.78 is 15.4. The quantitative estimate of drug-likeness (QED) is 0.736. The molecule has 0 radical (unpaired) electrons. The van der Waals surface area contributed by atoms with E-state index < -0.39 is 23.7 Å². The maximum atomic E-state index is 12.3. The number of amides is 1. The lowest BCUT2D eigenvalue weighted by molar-refractivity contribution is -0.146. The van der Waals surface area contributed by atoms with E-state index in [1.165, 1.54) is 12.0 Å². The summed E-state index contributed by atoms with van der Waals surface area (Å²) in [6.45, 7) is 5.97. The SMILES string of the molecule is COCC12CC1N(C(=O)OC(C)(C)C)[C@H](C(=O)OC)C2. The summed E-state index contributed by atoms with van der Waals surface area (Å²) in [6, 6.07) is -0.551. The highest BCUT2D eigenvalue weighted by Gasteiger charge is 2.68. The summed E-state index contributed by atoms with van der Waals surface area (Å²) in [7, 11) is 2.97. The van der Waals surface area contributed by atoms with Crippen LogP contribution in [0.4, 0.5) is 4.79 Å². The fraction of sp³-hybridized carbons (Fsp3) is 0.857. The van der Waals surface area contributed by atoms with Crippen LogP contribution in [0, 0.1) is 5.41 Å². The molecule has 2 aliphatic rings. The Balaban J connectivity index is 2.16. The smallest absolute Gasteiger partial charge is 0.411 e. The monoisotopic (exact) mass is 285 g/mol. The molecule has 2 unspecified atom stereocenters. The van der Waals surface area contributed by atoms with Crippen LogP contribution < -0.4 is 0 Å². The number of esters is 1. The predicted octanol–water partition coefficient (Wildman–Crippen LogP) is 1.57. The number of carbonyl (C=O) groups excluding carboxylic acids is 2. The Labute approximate surface area is 119 Å². The van der Waals surface area contributed by atoms with Crippen LogP contribution in [0.25, 0.3) is 0 Å². The number of methoxy groups -OCH3 is 2. The van der Waals surface area contributed by atoms with Crippen LogP contribution in [0.3, 0.4) is 0 Å². The summed E-state index contributed by atoms with van der Waals surface area (Å²) in [4.78, 5) is 25.8. The lowest BCUT2D eigenvalue weighted by atomic mass is 10.0. The first-order valence-corrected chi connectivity index (χ1v) is 6.82. The number of hydrogen-bond acceptors (Lipinski definition) is 5. The first kappa shape index (κ1) is 15.1. The van der Waals surface area contributed by atoms with Gasteiger partial charge in [-0.1, -0.05) is 0 Å². The molecule has 1 heterocycles. The fourth-order valence-electron chi connectivity index (χ4n) is 3.04. The van der Waals surface area contributed by atoms with Gasteiger partial charge in [0.05, 0.1) is 13.7 Å². The molecule has 0 aromatic carbocycles. The largest absolute Gasteiger partial charge is 0.467 e. The van der Waals surface area contributed by atoms with Crippen molar-refractivity contribution in [2.24, 2.45) is 5.41 Å². The first-order valence-electron chi connectivity index (χ1n) is 6.82. The Hall–Kier alpha value is -1.30. The highest BCUT2D eigenvalue weighted by Crippen LogP contribution is 2.60. The third-order valence-electron chi connectivity index (χ3n) is 3.93. The van der Waals surface area contributed by atoms with Gasteiger partial charge in [-0.2, -0.15) is 0 Å². The highest BCUT2D eigenvalue weighted by molar-refractivity contribution is 5.83. The van der Waals surface area contributed by atoms with Crippen LogP contribution in [0.2, 0.25) is 0 Å². The van der Waals surface area contributed by atoms with Gasteiger partial charge in [0, 0.05) is 18.6 Å². The van der Waals surface area contributed by atoms with E-state index in [-0.39, 0.29) is 11.5 Å². The molecular weight excluding hydrogens is 262 g/mol. The highest BCUT2D eigenvalue weighted by atomic mass is 16.6. The number of nitrogens with zero attached hydrogens (tertiary/aromatic N) is 1. The fourth-order valence-corrected chi connectivity index (χ4v) is 3.04. The molecule has 1 aliphatic carbocycles. The van der Waals surface area contributed by atoms with Crippen LogP contribution in [0.15, 0.2) is 0 Å². The number of likely N-dealkylation sites (tertiary alicyclic amines) is 1. The average molecular weight is 285 g/mol. The average Bonchev–Trinajstić information content (AvgIpc) is 2.91. The minimum absolute atomic E-state index is 0.0152. The lowest BCUT2D eigenvalue weighted by Gasteiger charge is -2.29. The molecule has 114 valence electrons. The molecule has 6 heteroatoms. The second kappa shape index (κ2) is 4.91. The molecule has 0 aromatic heterocycles. The van der Waals surface area contributed by atoms with Crippen molar-refractivity contribution in [2.75, 3.05) is 20.8 Å². The Morgan fingerprint density at radius 3 is 2.40 bits per heavy atom. The molecule has 20 heavy (non-hydrogen) atoms. The number of hydrogen-bond donors (Lipinski definition) is 0. The molecule has 6 nitrogen and oxygen atoms in total. The molecule has 0 bridgehead atoms. The van der Waals surface area contributed by atoms with Crippen LogP contribution in [-0.4, -0.2) is 55.5 Å². The van der Waals surface area contributed by atoms with Crippen LogP contribution in [-0.2, 0) is 19.0 Å². The second-order valence-electron chi connectivity index (χ2n) is 6.65. The summed E-state index contributed by atoms with van der Waals surface area (Å²) in [5, 5.41) is 0. The van der Waals surface area contributed by atoms with E-state index in [1.807, 2.05) is 20.8 Å². The van der Waals surface area contributed by atoms with Gasteiger partial charge in [0.15, 0.2) is 0 Å². The number of fused-ring (bicyclic) bond motifs is 1. The molecule has 1 saturated carbocycles. The number of ether oxygens (including phenoxy) is 3. The molecule has 1 saturated heterocycles. The molecule has 0 N–H and O–H groups in total. The zero-order chi connectivity index (χ0) is 15.1. The normalized spacial score (nSPS) is 31.8. The van der Waals surface area contributed by atoms with E-state index in [9.17, 15) is 9.59 Å². The van der Waals surface area contributed by atoms with E-state index >= 15 is 0 Å². The van der Waals surface area contributed by atoms with Gasteiger partial charge >= 0.3 is 12.1 Å². The lowest BCUT2D eigenvalue weighted by Crippen LogP contribution is -2.46. The van der Waals surface area contributed by atoms with E-state index in [4.69, 9.17) is 14.2 Å². The first-order chi connectivity index (χ1) is 9.24. The molecule has 2 fully saturated rings. The van der Waals surface area contributed by atoms with Crippen LogP contribution in [0.1, 0.15) is 33.6 Å². The van der Waals surface area contributed by atoms with Crippen molar-refractivity contribution in [2.45, 2.75) is 51.3 Å². The van der Waals surface area contributed by atoms with E-state index in [1.54, 1.807) is 7.11 Å². The maximum Gasteiger partial charge on any atom is 0.411 e. The molecular formula is C14H23NO5. The zero-order valence-corrected chi connectivity index (χ0v) is 12.8. The van der Waals surface area contributed by atoms with Crippen molar-refractivity contribution in [1.29, 1.82) is 0 Å². The van der Waals surface area contributed by atoms with Crippen molar-refractivity contribution in [1.82, 2.24) is 4.90 Å². The second-order valence-corrected chi connectivity index (χ2v) is 6.65. The van der Waals surface area contributed by atoms with Crippen molar-refractivity contribution >= 4 is 12.1 Å². The summed E-state index contributed by atoms with van der Waals surface area (Å²) in [5.74, 6) is -0.390. The standard InChI is InChI=1S/C14H23NO5/c1-13(2,3)20-12(17)15-9(11(16)19-5)6-14(8-18-4)7-10(14)15/h9-10H,6-8H2,1-5H3/t9-,10?,14?/m0/s1. The van der Waals surface area contributed by atoms with Gasteiger partial charge in [-0.25, -0.2) is 9.59 Å². The third kappa shape index (κ3) is 2.61. The van der Waals surface area contributed by atoms with Crippen LogP contribution in [0.5, 0.6) is 0 Å². The Morgan fingerprint density at radius 2 is 1.90 bits per heavy atom. The van der Waals surface area contributed by atoms with Gasteiger partial charge < -0.3 is 14.2 Å². The van der Waals surface area contributed by atoms with Gasteiger partial charge in [0.2, 0.25) is 0 Å². The molecule has 0 aromatic rings. The summed E-state index contributed by atoms with van der Waals surface area (Å²) in [5.41, 5.74) is -0.691. The van der Waals surface area contributed by atoms with Gasteiger partial charge in [-0.15, -0.1) is 0 Å². The zero-order valence-electron chi connectivity index (χ0n) is 12.8. The maximum absolute atomic E-state index is 12.3. The topological polar surface area (TPSA) is 65.1 Å². The molecule has 0 spiro atoms. The van der Waals surface area contributed by atoms with Crippen molar-refractivity contribution in [3.8, 4) is 0 Å². The summed E-state index contributed by atoms with van der Waals surface area (Å²) >= 11 is 0. The molecule has 1 amide bonds. The van der Waals surface area contributed by atoms with Crippen LogP contribution >= 0.6 is 0 Å². The predicted molar refractivity (Wildman–Crippen MR) is 71.2 cm³/mol. The van der Waals surface area contributed by atoms with E-state index in [0.29, 0.717) is 13.0 Å². The molecule has 1 aliphatic heterocycles. The van der Waals surface area contributed by atoms with Gasteiger partial charge in [0.25, 0.3) is 0 Å². The van der Waals surface area contributed by atoms with Crippen molar-refractivity contribution in [3.63, 3.8) is 0 Å². The third-order valence-corrected chi connectivity index (χ3v) is 3.93. The minimum atomic E-state index is -0.584. The minimum Gasteiger partial charge on any atom is -0.467 e. The van der Waals surface area contributed by atoms with Gasteiger partial charge in [0.1, 0.15) is 11.6 Å². The van der Waals surface area contributed by atoms with Gasteiger partial charge in [-0.05, 0) is 33.6 Å². The van der Waals surface area contributed by atoms with Crippen molar-refractivity contribution in [3.05, 3.63) is 0 Å². The summed E-state index contributed by atoms with van der Waals surface area (Å²) in [6.07, 6.45) is 0.985. The number of carbonyl (C=O) groups is 2. The van der Waals surface area contributed by atoms with E-state index in [2.05, 4.69) is 0 Å². The van der Waals surface area contributed by atoms with E-state index in [0.717, 1.165) is 6.42 Å². The Kier molecular flexibility index (Phi) is 3.71. The number of rotatable bonds is 3. The Morgan fingerprint density at radius 1 is 1.25 bits per heavy atom. The molecule has 3 atom stereocenters. The van der Waals surface area contributed by atoms with Gasteiger partial charge in [-0.3, -0.25) is 4.90 Å².